The molecule has 102 valence electrons. The summed E-state index contributed by atoms with van der Waals surface area (Å²) < 4.78 is 26.2. The Morgan fingerprint density at radius 1 is 1.39 bits per heavy atom. The zero-order chi connectivity index (χ0) is 13.6. The highest BCUT2D eigenvalue weighted by molar-refractivity contribution is 7.92. The number of hydrogen-bond acceptors (Lipinski definition) is 4. The van der Waals surface area contributed by atoms with Gasteiger partial charge in [0.05, 0.1) is 17.6 Å². The number of anilines is 1. The molecule has 1 rings (SSSR count). The molecule has 1 aromatic rings. The standard InChI is InChI=1S/C12H21N3O2S/c1-10(2)14-6-4-8-18(16,17)15-12-9-13-7-5-11(12)3/h5,7,9-10,14-15H,4,6,8H2,1-3H3. The fourth-order valence-electron chi connectivity index (χ4n) is 1.44. The molecule has 1 heterocycles. The van der Waals surface area contributed by atoms with E-state index in [0.29, 0.717) is 24.7 Å². The van der Waals surface area contributed by atoms with Crippen LogP contribution in [0.25, 0.3) is 0 Å². The highest BCUT2D eigenvalue weighted by atomic mass is 32.2. The first-order chi connectivity index (χ1) is 8.41. The summed E-state index contributed by atoms with van der Waals surface area (Å²) in [5.74, 6) is 0.112. The van der Waals surface area contributed by atoms with Gasteiger partial charge in [-0.15, -0.1) is 0 Å². The minimum atomic E-state index is -3.29. The number of hydrogen-bond donors (Lipinski definition) is 2. The lowest BCUT2D eigenvalue weighted by Gasteiger charge is -2.11. The van der Waals surface area contributed by atoms with Gasteiger partial charge in [-0.05, 0) is 31.5 Å². The van der Waals surface area contributed by atoms with Gasteiger partial charge in [-0.1, -0.05) is 13.8 Å². The first kappa shape index (κ1) is 14.9. The van der Waals surface area contributed by atoms with Gasteiger partial charge in [-0.2, -0.15) is 0 Å². The van der Waals surface area contributed by atoms with Crippen LogP contribution in [0.5, 0.6) is 0 Å². The molecule has 0 aliphatic carbocycles. The maximum atomic E-state index is 11.8. The number of nitrogens with zero attached hydrogens (tertiary/aromatic N) is 1. The third-order valence-electron chi connectivity index (χ3n) is 2.45. The highest BCUT2D eigenvalue weighted by Crippen LogP contribution is 2.13. The summed E-state index contributed by atoms with van der Waals surface area (Å²) in [6, 6.07) is 2.15. The fraction of sp³-hybridized carbons (Fsp3) is 0.583. The molecule has 0 aliphatic rings. The Balaban J connectivity index is 2.48. The van der Waals surface area contributed by atoms with Crippen LogP contribution >= 0.6 is 0 Å². The van der Waals surface area contributed by atoms with Gasteiger partial charge in [-0.3, -0.25) is 9.71 Å². The van der Waals surface area contributed by atoms with Gasteiger partial charge >= 0.3 is 0 Å². The maximum Gasteiger partial charge on any atom is 0.232 e. The predicted octanol–water partition coefficient (Wildman–Crippen LogP) is 1.52. The van der Waals surface area contributed by atoms with E-state index in [-0.39, 0.29) is 5.75 Å². The van der Waals surface area contributed by atoms with Crippen molar-refractivity contribution in [3.63, 3.8) is 0 Å². The lowest BCUT2D eigenvalue weighted by molar-refractivity contribution is 0.571. The topological polar surface area (TPSA) is 71.1 Å². The van der Waals surface area contributed by atoms with Crippen molar-refractivity contribution in [2.75, 3.05) is 17.0 Å². The van der Waals surface area contributed by atoms with Crippen LogP contribution in [0.3, 0.4) is 0 Å². The molecule has 0 atom stereocenters. The molecule has 0 amide bonds. The van der Waals surface area contributed by atoms with Gasteiger partial charge in [0.1, 0.15) is 0 Å². The zero-order valence-corrected chi connectivity index (χ0v) is 11.9. The molecule has 0 bridgehead atoms. The van der Waals surface area contributed by atoms with Crippen LogP contribution in [0.1, 0.15) is 25.8 Å². The number of aromatic nitrogens is 1. The molecule has 0 unspecified atom stereocenters. The zero-order valence-electron chi connectivity index (χ0n) is 11.1. The number of pyridine rings is 1. The summed E-state index contributed by atoms with van der Waals surface area (Å²) in [6.07, 6.45) is 3.76. The van der Waals surface area contributed by atoms with E-state index in [0.717, 1.165) is 5.56 Å². The Labute approximate surface area is 109 Å². The van der Waals surface area contributed by atoms with Crippen LogP contribution in [-0.2, 0) is 10.0 Å². The minimum absolute atomic E-state index is 0.112. The molecule has 0 spiro atoms. The van der Waals surface area contributed by atoms with Crippen LogP contribution in [-0.4, -0.2) is 31.7 Å². The normalized spacial score (nSPS) is 11.8. The first-order valence-electron chi connectivity index (χ1n) is 6.05. The Kier molecular flexibility index (Phi) is 5.55. The molecule has 1 aromatic heterocycles. The number of sulfonamides is 1. The molecule has 0 saturated heterocycles. The Morgan fingerprint density at radius 2 is 2.11 bits per heavy atom. The van der Waals surface area contributed by atoms with Gasteiger partial charge in [-0.25, -0.2) is 8.42 Å². The van der Waals surface area contributed by atoms with E-state index >= 15 is 0 Å². The second kappa shape index (κ2) is 6.70. The SMILES string of the molecule is Cc1ccncc1NS(=O)(=O)CCCNC(C)C. The number of rotatable bonds is 7. The summed E-state index contributed by atoms with van der Waals surface area (Å²) in [6.45, 7) is 6.61. The summed E-state index contributed by atoms with van der Waals surface area (Å²) >= 11 is 0. The fourth-order valence-corrected chi connectivity index (χ4v) is 2.62. The molecule has 18 heavy (non-hydrogen) atoms. The van der Waals surface area contributed by atoms with Crippen molar-refractivity contribution in [2.45, 2.75) is 33.2 Å². The van der Waals surface area contributed by atoms with Crippen LogP contribution in [0.4, 0.5) is 5.69 Å². The van der Waals surface area contributed by atoms with Gasteiger partial charge in [0, 0.05) is 12.2 Å². The number of nitrogens with one attached hydrogen (secondary N) is 2. The maximum absolute atomic E-state index is 11.8. The second-order valence-corrected chi connectivity index (χ2v) is 6.42. The molecule has 2 N–H and O–H groups in total. The summed E-state index contributed by atoms with van der Waals surface area (Å²) in [7, 11) is -3.29. The Bertz CT molecular complexity index is 472. The van der Waals surface area contributed by atoms with Crippen molar-refractivity contribution in [1.29, 1.82) is 0 Å². The molecule has 0 aromatic carbocycles. The molecular formula is C12H21N3O2S. The molecule has 6 heteroatoms. The first-order valence-corrected chi connectivity index (χ1v) is 7.70. The third-order valence-corrected chi connectivity index (χ3v) is 3.80. The van der Waals surface area contributed by atoms with Gasteiger partial charge in [0.15, 0.2) is 0 Å². The van der Waals surface area contributed by atoms with Crippen molar-refractivity contribution in [1.82, 2.24) is 10.3 Å². The third kappa shape index (κ3) is 5.46. The molecular weight excluding hydrogens is 250 g/mol. The molecule has 5 nitrogen and oxygen atoms in total. The lowest BCUT2D eigenvalue weighted by atomic mass is 10.3. The van der Waals surface area contributed by atoms with Crippen molar-refractivity contribution in [3.8, 4) is 0 Å². The van der Waals surface area contributed by atoms with Gasteiger partial charge < -0.3 is 5.32 Å². The van der Waals surface area contributed by atoms with Crippen molar-refractivity contribution in [2.24, 2.45) is 0 Å². The largest absolute Gasteiger partial charge is 0.314 e. The van der Waals surface area contributed by atoms with Crippen LogP contribution in [0, 0.1) is 6.92 Å². The van der Waals surface area contributed by atoms with Crippen molar-refractivity contribution >= 4 is 15.7 Å². The van der Waals surface area contributed by atoms with E-state index in [1.807, 2.05) is 20.8 Å². The van der Waals surface area contributed by atoms with E-state index in [9.17, 15) is 8.42 Å². The highest BCUT2D eigenvalue weighted by Gasteiger charge is 2.11. The smallest absolute Gasteiger partial charge is 0.232 e. The van der Waals surface area contributed by atoms with E-state index in [1.165, 1.54) is 6.20 Å². The van der Waals surface area contributed by atoms with Crippen LogP contribution < -0.4 is 10.0 Å². The average molecular weight is 271 g/mol. The lowest BCUT2D eigenvalue weighted by Crippen LogP contribution is -2.26. The molecule has 0 radical (unpaired) electrons. The van der Waals surface area contributed by atoms with Crippen LogP contribution in [0.15, 0.2) is 18.5 Å². The van der Waals surface area contributed by atoms with E-state index < -0.39 is 10.0 Å². The molecule has 0 saturated carbocycles. The second-order valence-electron chi connectivity index (χ2n) is 4.57. The summed E-state index contributed by atoms with van der Waals surface area (Å²) in [5, 5.41) is 3.19. The average Bonchev–Trinajstić information content (AvgIpc) is 2.27. The summed E-state index contributed by atoms with van der Waals surface area (Å²) in [5.41, 5.74) is 1.42. The van der Waals surface area contributed by atoms with E-state index in [2.05, 4.69) is 15.0 Å². The van der Waals surface area contributed by atoms with Crippen molar-refractivity contribution in [3.05, 3.63) is 24.0 Å². The van der Waals surface area contributed by atoms with Gasteiger partial charge in [0.2, 0.25) is 10.0 Å². The predicted molar refractivity (Wildman–Crippen MR) is 74.1 cm³/mol. The van der Waals surface area contributed by atoms with Crippen LogP contribution in [0.2, 0.25) is 0 Å². The minimum Gasteiger partial charge on any atom is -0.314 e. The Morgan fingerprint density at radius 3 is 2.72 bits per heavy atom. The van der Waals surface area contributed by atoms with E-state index in [1.54, 1.807) is 12.3 Å². The quantitative estimate of drug-likeness (QED) is 0.738. The number of aryl methyl sites for hydroxylation is 1. The monoisotopic (exact) mass is 271 g/mol. The molecule has 0 aliphatic heterocycles. The molecule has 0 fully saturated rings. The van der Waals surface area contributed by atoms with E-state index in [4.69, 9.17) is 0 Å². The Hall–Kier alpha value is -1.14. The summed E-state index contributed by atoms with van der Waals surface area (Å²) in [4.78, 5) is 3.91. The van der Waals surface area contributed by atoms with Gasteiger partial charge in [0.25, 0.3) is 0 Å². The van der Waals surface area contributed by atoms with Crippen molar-refractivity contribution < 1.29 is 8.42 Å².